The third-order valence-electron chi connectivity index (χ3n) is 3.24. The van der Waals surface area contributed by atoms with Crippen molar-refractivity contribution in [2.24, 2.45) is 0 Å². The van der Waals surface area contributed by atoms with Gasteiger partial charge in [0.25, 0.3) is 0 Å². The van der Waals surface area contributed by atoms with E-state index in [0.717, 1.165) is 28.1 Å². The van der Waals surface area contributed by atoms with E-state index >= 15 is 0 Å². The minimum absolute atomic E-state index is 0.217. The molecule has 0 bridgehead atoms. The van der Waals surface area contributed by atoms with Crippen LogP contribution in [0.5, 0.6) is 11.5 Å². The first-order chi connectivity index (χ1) is 10.2. The zero-order valence-electron chi connectivity index (χ0n) is 12.3. The van der Waals surface area contributed by atoms with Crippen molar-refractivity contribution < 1.29 is 9.47 Å². The molecule has 0 aromatic heterocycles. The fourth-order valence-electron chi connectivity index (χ4n) is 2.11. The third kappa shape index (κ3) is 4.76. The molecule has 0 heterocycles. The standard InChI is InChI=1S/C17H20BrNO2/c1-13(16-5-3-4-6-17(16)20-2)19-11-12-21-15-9-7-14(18)8-10-15/h3-10,13,19H,11-12H2,1-2H3/t13-/m1/s1. The molecular formula is C17H20BrNO2. The highest BCUT2D eigenvalue weighted by Gasteiger charge is 2.09. The third-order valence-corrected chi connectivity index (χ3v) is 3.77. The van der Waals surface area contributed by atoms with Crippen molar-refractivity contribution in [3.8, 4) is 11.5 Å². The topological polar surface area (TPSA) is 30.5 Å². The monoisotopic (exact) mass is 349 g/mol. The van der Waals surface area contributed by atoms with Crippen LogP contribution in [0.2, 0.25) is 0 Å². The molecule has 0 spiro atoms. The molecule has 0 saturated carbocycles. The number of hydrogen-bond donors (Lipinski definition) is 1. The molecular weight excluding hydrogens is 330 g/mol. The molecule has 3 nitrogen and oxygen atoms in total. The predicted octanol–water partition coefficient (Wildman–Crippen LogP) is 4.19. The van der Waals surface area contributed by atoms with E-state index in [2.05, 4.69) is 34.2 Å². The molecule has 0 saturated heterocycles. The molecule has 112 valence electrons. The second-order valence-corrected chi connectivity index (χ2v) is 5.64. The van der Waals surface area contributed by atoms with Gasteiger partial charge in [-0.1, -0.05) is 34.1 Å². The Morgan fingerprint density at radius 1 is 1.10 bits per heavy atom. The lowest BCUT2D eigenvalue weighted by Gasteiger charge is -2.17. The Morgan fingerprint density at radius 2 is 1.81 bits per heavy atom. The molecule has 2 rings (SSSR count). The average molecular weight is 350 g/mol. The number of rotatable bonds is 7. The fraction of sp³-hybridized carbons (Fsp3) is 0.294. The predicted molar refractivity (Wildman–Crippen MR) is 89.0 cm³/mol. The van der Waals surface area contributed by atoms with Crippen molar-refractivity contribution in [2.75, 3.05) is 20.3 Å². The Balaban J connectivity index is 1.79. The van der Waals surface area contributed by atoms with Gasteiger partial charge >= 0.3 is 0 Å². The second-order valence-electron chi connectivity index (χ2n) is 4.72. The van der Waals surface area contributed by atoms with Gasteiger partial charge in [0.15, 0.2) is 0 Å². The summed E-state index contributed by atoms with van der Waals surface area (Å²) in [5, 5.41) is 3.44. The molecule has 0 radical (unpaired) electrons. The summed E-state index contributed by atoms with van der Waals surface area (Å²) in [6.45, 7) is 3.52. The number of methoxy groups -OCH3 is 1. The van der Waals surface area contributed by atoms with Gasteiger partial charge < -0.3 is 14.8 Å². The van der Waals surface area contributed by atoms with Gasteiger partial charge in [-0.2, -0.15) is 0 Å². The van der Waals surface area contributed by atoms with E-state index < -0.39 is 0 Å². The van der Waals surface area contributed by atoms with Crippen molar-refractivity contribution in [1.29, 1.82) is 0 Å². The number of para-hydroxylation sites is 1. The van der Waals surface area contributed by atoms with Gasteiger partial charge in [0, 0.05) is 22.6 Å². The van der Waals surface area contributed by atoms with Gasteiger partial charge in [0.2, 0.25) is 0 Å². The Labute approximate surface area is 134 Å². The van der Waals surface area contributed by atoms with E-state index in [1.807, 2.05) is 42.5 Å². The maximum Gasteiger partial charge on any atom is 0.123 e. The number of ether oxygens (including phenoxy) is 2. The molecule has 21 heavy (non-hydrogen) atoms. The van der Waals surface area contributed by atoms with Crippen LogP contribution < -0.4 is 14.8 Å². The molecule has 0 aliphatic rings. The second kappa shape index (κ2) is 8.05. The lowest BCUT2D eigenvalue weighted by molar-refractivity contribution is 0.306. The average Bonchev–Trinajstić information content (AvgIpc) is 2.53. The molecule has 4 heteroatoms. The van der Waals surface area contributed by atoms with Crippen LogP contribution in [0.15, 0.2) is 53.0 Å². The highest BCUT2D eigenvalue weighted by Crippen LogP contribution is 2.24. The van der Waals surface area contributed by atoms with Crippen LogP contribution in [-0.2, 0) is 0 Å². The van der Waals surface area contributed by atoms with Crippen LogP contribution in [0.4, 0.5) is 0 Å². The van der Waals surface area contributed by atoms with Gasteiger partial charge in [0.05, 0.1) is 7.11 Å². The Hall–Kier alpha value is -1.52. The molecule has 0 fully saturated rings. The van der Waals surface area contributed by atoms with Crippen LogP contribution in [0.25, 0.3) is 0 Å². The summed E-state index contributed by atoms with van der Waals surface area (Å²) in [4.78, 5) is 0. The lowest BCUT2D eigenvalue weighted by atomic mass is 10.1. The summed E-state index contributed by atoms with van der Waals surface area (Å²) < 4.78 is 12.1. The minimum Gasteiger partial charge on any atom is -0.496 e. The Kier molecular flexibility index (Phi) is 6.08. The Bertz CT molecular complexity index is 557. The highest BCUT2D eigenvalue weighted by molar-refractivity contribution is 9.10. The van der Waals surface area contributed by atoms with Crippen molar-refractivity contribution in [3.05, 3.63) is 58.6 Å². The van der Waals surface area contributed by atoms with E-state index in [-0.39, 0.29) is 6.04 Å². The van der Waals surface area contributed by atoms with E-state index in [4.69, 9.17) is 9.47 Å². The van der Waals surface area contributed by atoms with Crippen molar-refractivity contribution in [2.45, 2.75) is 13.0 Å². The van der Waals surface area contributed by atoms with Crippen LogP contribution in [0.3, 0.4) is 0 Å². The number of nitrogens with one attached hydrogen (secondary N) is 1. The summed E-state index contributed by atoms with van der Waals surface area (Å²) in [5.41, 5.74) is 1.16. The first-order valence-electron chi connectivity index (χ1n) is 6.95. The molecule has 2 aromatic carbocycles. The van der Waals surface area contributed by atoms with E-state index in [0.29, 0.717) is 6.61 Å². The molecule has 0 unspecified atom stereocenters. The first-order valence-corrected chi connectivity index (χ1v) is 7.74. The van der Waals surface area contributed by atoms with Gasteiger partial charge in [-0.25, -0.2) is 0 Å². The molecule has 0 amide bonds. The summed E-state index contributed by atoms with van der Waals surface area (Å²) in [5.74, 6) is 1.79. The van der Waals surface area contributed by atoms with Gasteiger partial charge in [-0.3, -0.25) is 0 Å². The van der Waals surface area contributed by atoms with Gasteiger partial charge in [-0.15, -0.1) is 0 Å². The minimum atomic E-state index is 0.217. The van der Waals surface area contributed by atoms with Crippen LogP contribution >= 0.6 is 15.9 Å². The normalized spacial score (nSPS) is 12.0. The van der Waals surface area contributed by atoms with E-state index in [9.17, 15) is 0 Å². The largest absolute Gasteiger partial charge is 0.496 e. The number of halogens is 1. The van der Waals surface area contributed by atoms with Crippen LogP contribution in [0, 0.1) is 0 Å². The SMILES string of the molecule is COc1ccccc1[C@@H](C)NCCOc1ccc(Br)cc1. The van der Waals surface area contributed by atoms with E-state index in [1.165, 1.54) is 0 Å². The molecule has 0 aliphatic heterocycles. The summed E-state index contributed by atoms with van der Waals surface area (Å²) in [6.07, 6.45) is 0. The number of hydrogen-bond acceptors (Lipinski definition) is 3. The van der Waals surface area contributed by atoms with Crippen LogP contribution in [-0.4, -0.2) is 20.3 Å². The maximum absolute atomic E-state index is 5.69. The van der Waals surface area contributed by atoms with Crippen molar-refractivity contribution >= 4 is 15.9 Å². The molecule has 2 aromatic rings. The Morgan fingerprint density at radius 3 is 2.52 bits per heavy atom. The van der Waals surface area contributed by atoms with E-state index in [1.54, 1.807) is 7.11 Å². The smallest absolute Gasteiger partial charge is 0.123 e. The molecule has 1 N–H and O–H groups in total. The zero-order chi connectivity index (χ0) is 15.1. The van der Waals surface area contributed by atoms with Crippen LogP contribution in [0.1, 0.15) is 18.5 Å². The van der Waals surface area contributed by atoms with Crippen molar-refractivity contribution in [3.63, 3.8) is 0 Å². The summed E-state index contributed by atoms with van der Waals surface area (Å²) in [7, 11) is 1.70. The maximum atomic E-state index is 5.69. The first kappa shape index (κ1) is 15.9. The lowest BCUT2D eigenvalue weighted by Crippen LogP contribution is -2.24. The summed E-state index contributed by atoms with van der Waals surface area (Å²) >= 11 is 3.41. The van der Waals surface area contributed by atoms with Gasteiger partial charge in [0.1, 0.15) is 18.1 Å². The highest BCUT2D eigenvalue weighted by atomic mass is 79.9. The zero-order valence-corrected chi connectivity index (χ0v) is 13.9. The molecule has 0 aliphatic carbocycles. The molecule has 1 atom stereocenters. The quantitative estimate of drug-likeness (QED) is 0.760. The summed E-state index contributed by atoms with van der Waals surface area (Å²) in [6, 6.07) is 16.1. The van der Waals surface area contributed by atoms with Gasteiger partial charge in [-0.05, 0) is 37.3 Å². The fourth-order valence-corrected chi connectivity index (χ4v) is 2.37. The number of benzene rings is 2. The van der Waals surface area contributed by atoms with Crippen molar-refractivity contribution in [1.82, 2.24) is 5.32 Å².